The summed E-state index contributed by atoms with van der Waals surface area (Å²) < 4.78 is 6.89. The minimum atomic E-state index is 0.856. The Hall–Kier alpha value is -6.90. The highest BCUT2D eigenvalue weighted by molar-refractivity contribution is 6.17. The molecule has 0 aliphatic rings. The van der Waals surface area contributed by atoms with Crippen molar-refractivity contribution in [3.63, 3.8) is 0 Å². The largest absolute Gasteiger partial charge is 0.454 e. The lowest BCUT2D eigenvalue weighted by molar-refractivity contribution is 0.669. The summed E-state index contributed by atoms with van der Waals surface area (Å²) in [5.74, 6) is 0. The summed E-state index contributed by atoms with van der Waals surface area (Å²) in [6, 6.07) is 71.6. The Morgan fingerprint density at radius 3 is 1.60 bits per heavy atom. The second kappa shape index (κ2) is 12.5. The summed E-state index contributed by atoms with van der Waals surface area (Å²) >= 11 is 0. The quantitative estimate of drug-likeness (QED) is 0.165. The molecule has 10 aromatic rings. The van der Waals surface area contributed by atoms with E-state index in [0.717, 1.165) is 50.1 Å². The van der Waals surface area contributed by atoms with E-state index in [1.165, 1.54) is 43.8 Å². The third-order valence-electron chi connectivity index (χ3n) is 10.3. The van der Waals surface area contributed by atoms with Gasteiger partial charge in [0.2, 0.25) is 0 Å². The monoisotopic (exact) mass is 663 g/mol. The van der Waals surface area contributed by atoms with E-state index in [2.05, 4.69) is 199 Å². The van der Waals surface area contributed by atoms with Gasteiger partial charge in [0, 0.05) is 22.1 Å². The molecule has 0 atom stereocenters. The van der Waals surface area contributed by atoms with Crippen molar-refractivity contribution in [1.82, 2.24) is 0 Å². The first kappa shape index (κ1) is 30.0. The molecule has 2 nitrogen and oxygen atoms in total. The molecule has 0 saturated carbocycles. The van der Waals surface area contributed by atoms with Gasteiger partial charge < -0.3 is 9.32 Å². The lowest BCUT2D eigenvalue weighted by Crippen LogP contribution is -2.11. The summed E-state index contributed by atoms with van der Waals surface area (Å²) in [5, 5.41) is 7.10. The van der Waals surface area contributed by atoms with Gasteiger partial charge in [0.15, 0.2) is 5.58 Å². The zero-order chi connectivity index (χ0) is 34.4. The minimum absolute atomic E-state index is 0.856. The van der Waals surface area contributed by atoms with Crippen LogP contribution < -0.4 is 4.90 Å². The third-order valence-corrected chi connectivity index (χ3v) is 10.3. The number of nitrogens with zero attached hydrogens (tertiary/aromatic N) is 1. The van der Waals surface area contributed by atoms with E-state index in [9.17, 15) is 0 Å². The van der Waals surface area contributed by atoms with Crippen LogP contribution in [0.1, 0.15) is 0 Å². The first-order valence-corrected chi connectivity index (χ1v) is 17.8. The van der Waals surface area contributed by atoms with Crippen LogP contribution in [0.15, 0.2) is 205 Å². The van der Waals surface area contributed by atoms with Crippen LogP contribution in [-0.2, 0) is 0 Å². The number of fused-ring (bicyclic) bond motifs is 6. The van der Waals surface area contributed by atoms with E-state index in [1.807, 2.05) is 6.07 Å². The van der Waals surface area contributed by atoms with Crippen molar-refractivity contribution in [2.45, 2.75) is 0 Å². The molecule has 9 aromatic carbocycles. The number of para-hydroxylation sites is 1. The maximum atomic E-state index is 6.89. The van der Waals surface area contributed by atoms with E-state index in [0.29, 0.717) is 0 Å². The lowest BCUT2D eigenvalue weighted by atomic mass is 9.93. The molecule has 0 N–H and O–H groups in total. The van der Waals surface area contributed by atoms with Crippen LogP contribution in [0.25, 0.3) is 76.9 Å². The van der Waals surface area contributed by atoms with Crippen LogP contribution in [-0.4, -0.2) is 0 Å². The Labute approximate surface area is 302 Å². The first-order valence-electron chi connectivity index (χ1n) is 17.8. The molecule has 0 amide bonds. The third kappa shape index (κ3) is 5.04. The topological polar surface area (TPSA) is 16.4 Å². The zero-order valence-electron chi connectivity index (χ0n) is 28.4. The van der Waals surface area contributed by atoms with E-state index in [1.54, 1.807) is 0 Å². The molecule has 0 fully saturated rings. The second-order valence-electron chi connectivity index (χ2n) is 13.3. The van der Waals surface area contributed by atoms with Crippen LogP contribution in [0.4, 0.5) is 17.1 Å². The summed E-state index contributed by atoms with van der Waals surface area (Å²) in [4.78, 5) is 2.38. The molecule has 52 heavy (non-hydrogen) atoms. The molecular weight excluding hydrogens is 631 g/mol. The molecular formula is C50H33NO. The van der Waals surface area contributed by atoms with E-state index >= 15 is 0 Å². The molecule has 0 aliphatic heterocycles. The molecule has 0 spiro atoms. The zero-order valence-corrected chi connectivity index (χ0v) is 28.4. The molecule has 1 heterocycles. The first-order chi connectivity index (χ1) is 25.8. The van der Waals surface area contributed by atoms with Gasteiger partial charge in [-0.25, -0.2) is 0 Å². The average molecular weight is 664 g/mol. The van der Waals surface area contributed by atoms with Gasteiger partial charge in [-0.1, -0.05) is 164 Å². The normalized spacial score (nSPS) is 11.5. The van der Waals surface area contributed by atoms with Crippen molar-refractivity contribution in [1.29, 1.82) is 0 Å². The average Bonchev–Trinajstić information content (AvgIpc) is 3.62. The number of furan rings is 1. The van der Waals surface area contributed by atoms with E-state index < -0.39 is 0 Å². The highest BCUT2D eigenvalue weighted by atomic mass is 16.3. The van der Waals surface area contributed by atoms with Crippen molar-refractivity contribution in [2.24, 2.45) is 0 Å². The Morgan fingerprint density at radius 1 is 0.346 bits per heavy atom. The molecule has 0 aliphatic carbocycles. The van der Waals surface area contributed by atoms with Gasteiger partial charge in [0.05, 0.1) is 5.69 Å². The number of benzene rings is 9. The Bertz CT molecular complexity index is 2890. The Kier molecular flexibility index (Phi) is 7.18. The fourth-order valence-corrected chi connectivity index (χ4v) is 7.80. The molecule has 2 heteroatoms. The van der Waals surface area contributed by atoms with Crippen LogP contribution in [0.5, 0.6) is 0 Å². The number of hydrogen-bond donors (Lipinski definition) is 0. The van der Waals surface area contributed by atoms with Gasteiger partial charge >= 0.3 is 0 Å². The molecule has 0 unspecified atom stereocenters. The van der Waals surface area contributed by atoms with Crippen molar-refractivity contribution >= 4 is 60.5 Å². The molecule has 0 saturated heterocycles. The van der Waals surface area contributed by atoms with Gasteiger partial charge in [0.1, 0.15) is 5.58 Å². The Balaban J connectivity index is 1.29. The molecule has 1 aromatic heterocycles. The lowest BCUT2D eigenvalue weighted by Gasteiger charge is -2.27. The van der Waals surface area contributed by atoms with Crippen molar-refractivity contribution < 1.29 is 4.42 Å². The van der Waals surface area contributed by atoms with Crippen LogP contribution in [0.2, 0.25) is 0 Å². The fraction of sp³-hybridized carbons (Fsp3) is 0. The summed E-state index contributed by atoms with van der Waals surface area (Å²) in [5.41, 5.74) is 11.8. The molecule has 0 bridgehead atoms. The standard InChI is InChI=1S/C50H33NO/c1-4-14-34(15-5-1)42-29-28-40(33-45(42)36-18-8-3-9-19-36)51(39-27-26-38-25-24-37-20-10-11-21-41(37)46(38)32-39)47-31-30-43(35-16-6-2-7-17-35)49-44-22-12-13-23-48(44)52-50(47)49/h1-33H. The summed E-state index contributed by atoms with van der Waals surface area (Å²) in [6.07, 6.45) is 0. The highest BCUT2D eigenvalue weighted by Gasteiger charge is 2.23. The van der Waals surface area contributed by atoms with E-state index in [-0.39, 0.29) is 0 Å². The molecule has 10 rings (SSSR count). The van der Waals surface area contributed by atoms with Crippen LogP contribution in [0, 0.1) is 0 Å². The SMILES string of the molecule is c1ccc(-c2ccc(N(c3ccc4ccc5ccccc5c4c3)c3ccc(-c4ccccc4)c4c3oc3ccccc34)cc2-c2ccccc2)cc1. The van der Waals surface area contributed by atoms with Gasteiger partial charge in [-0.05, 0) is 91.3 Å². The van der Waals surface area contributed by atoms with Gasteiger partial charge in [-0.15, -0.1) is 0 Å². The van der Waals surface area contributed by atoms with Crippen molar-refractivity contribution in [2.75, 3.05) is 4.90 Å². The molecule has 244 valence electrons. The van der Waals surface area contributed by atoms with Crippen molar-refractivity contribution in [3.05, 3.63) is 200 Å². The Morgan fingerprint density at radius 2 is 0.865 bits per heavy atom. The predicted octanol–water partition coefficient (Wildman–Crippen LogP) is 14.4. The fourth-order valence-electron chi connectivity index (χ4n) is 7.80. The smallest absolute Gasteiger partial charge is 0.160 e. The van der Waals surface area contributed by atoms with E-state index in [4.69, 9.17) is 4.42 Å². The number of hydrogen-bond acceptors (Lipinski definition) is 2. The van der Waals surface area contributed by atoms with Gasteiger partial charge in [-0.2, -0.15) is 0 Å². The minimum Gasteiger partial charge on any atom is -0.454 e. The maximum Gasteiger partial charge on any atom is 0.160 e. The summed E-state index contributed by atoms with van der Waals surface area (Å²) in [6.45, 7) is 0. The predicted molar refractivity (Wildman–Crippen MR) is 220 cm³/mol. The van der Waals surface area contributed by atoms with Crippen molar-refractivity contribution in [3.8, 4) is 33.4 Å². The second-order valence-corrected chi connectivity index (χ2v) is 13.3. The van der Waals surface area contributed by atoms with Crippen LogP contribution in [0.3, 0.4) is 0 Å². The molecule has 0 radical (unpaired) electrons. The van der Waals surface area contributed by atoms with Gasteiger partial charge in [-0.3, -0.25) is 0 Å². The van der Waals surface area contributed by atoms with Gasteiger partial charge in [0.25, 0.3) is 0 Å². The number of rotatable bonds is 6. The number of anilines is 3. The maximum absolute atomic E-state index is 6.89. The highest BCUT2D eigenvalue weighted by Crippen LogP contribution is 2.47. The summed E-state index contributed by atoms with van der Waals surface area (Å²) in [7, 11) is 0. The van der Waals surface area contributed by atoms with Crippen LogP contribution >= 0.6 is 0 Å².